The van der Waals surface area contributed by atoms with Crippen molar-refractivity contribution in [1.29, 1.82) is 0 Å². The number of nitrogens with zero attached hydrogens (tertiary/aromatic N) is 3. The van der Waals surface area contributed by atoms with Crippen molar-refractivity contribution in [2.75, 3.05) is 0 Å². The first-order valence-electron chi connectivity index (χ1n) is 14.6. The molecular weight excluding hydrogens is 544 g/mol. The number of fused-ring (bicyclic) bond motifs is 2. The van der Waals surface area contributed by atoms with E-state index in [4.69, 9.17) is 4.74 Å². The molecule has 0 aliphatic heterocycles. The molecule has 1 aliphatic carbocycles. The van der Waals surface area contributed by atoms with Crippen molar-refractivity contribution in [2.24, 2.45) is 0 Å². The number of nitrogens with one attached hydrogen (secondary N) is 2. The minimum absolute atomic E-state index is 0.0201. The summed E-state index contributed by atoms with van der Waals surface area (Å²) in [6.07, 6.45) is 3.53. The molecule has 0 bridgehead atoms. The normalized spacial score (nSPS) is 14.4. The zero-order valence-electron chi connectivity index (χ0n) is 25.6. The summed E-state index contributed by atoms with van der Waals surface area (Å²) < 4.78 is 36.2. The lowest BCUT2D eigenvalue weighted by molar-refractivity contribution is 0.0975. The molecule has 0 fully saturated rings. The van der Waals surface area contributed by atoms with E-state index in [1.54, 1.807) is 12.1 Å². The van der Waals surface area contributed by atoms with Crippen molar-refractivity contribution in [1.82, 2.24) is 25.2 Å². The second-order valence-corrected chi connectivity index (χ2v) is 12.0. The van der Waals surface area contributed by atoms with E-state index in [0.717, 1.165) is 30.2 Å². The minimum Gasteiger partial charge on any atom is -0.488 e. The van der Waals surface area contributed by atoms with Gasteiger partial charge in [-0.15, -0.1) is 0 Å². The van der Waals surface area contributed by atoms with Gasteiger partial charge in [-0.05, 0) is 86.9 Å². The van der Waals surface area contributed by atoms with Crippen LogP contribution in [-0.2, 0) is 24.1 Å². The molecule has 4 aromatic rings. The average molecular weight is 584 g/mol. The fourth-order valence-corrected chi connectivity index (χ4v) is 5.66. The van der Waals surface area contributed by atoms with Crippen molar-refractivity contribution >= 4 is 22.8 Å². The monoisotopic (exact) mass is 583 g/mol. The summed E-state index contributed by atoms with van der Waals surface area (Å²) in [4.78, 5) is 4.48. The van der Waals surface area contributed by atoms with E-state index >= 15 is 0 Å². The summed E-state index contributed by atoms with van der Waals surface area (Å²) in [6.45, 7) is 23.1. The van der Waals surface area contributed by atoms with Crippen molar-refractivity contribution < 1.29 is 13.5 Å². The van der Waals surface area contributed by atoms with E-state index in [2.05, 4.69) is 59.5 Å². The fourth-order valence-electron chi connectivity index (χ4n) is 5.66. The number of rotatable bonds is 10. The Kier molecular flexibility index (Phi) is 8.14. The van der Waals surface area contributed by atoms with E-state index in [9.17, 15) is 8.78 Å². The van der Waals surface area contributed by atoms with Crippen molar-refractivity contribution in [2.45, 2.75) is 72.1 Å². The van der Waals surface area contributed by atoms with Gasteiger partial charge in [-0.2, -0.15) is 5.10 Å². The van der Waals surface area contributed by atoms with Crippen LogP contribution in [0, 0.1) is 18.6 Å². The Morgan fingerprint density at radius 1 is 1.07 bits per heavy atom. The molecule has 224 valence electrons. The topological polar surface area (TPSA) is 63.5 Å². The van der Waals surface area contributed by atoms with E-state index in [0.29, 0.717) is 47.1 Å². The minimum atomic E-state index is -0.540. The SMILES string of the molecule is C=C(NCc1ccc(F)c(CC)c1)c1cc(C(=C)NC2CCc3c2ccc(C(=C)OC(C)(C)C)c3C)n2ncc(F)c2n1. The maximum atomic E-state index is 14.8. The Hall–Kier alpha value is -4.46. The Bertz CT molecular complexity index is 1750. The molecule has 5 rings (SSSR count). The Balaban J connectivity index is 1.37. The number of ether oxygens (including phenoxy) is 1. The van der Waals surface area contributed by atoms with E-state index < -0.39 is 5.82 Å². The Labute approximate surface area is 252 Å². The maximum absolute atomic E-state index is 14.8. The summed E-state index contributed by atoms with van der Waals surface area (Å²) in [5.41, 5.74) is 8.11. The Morgan fingerprint density at radius 2 is 1.84 bits per heavy atom. The second-order valence-electron chi connectivity index (χ2n) is 12.0. The highest BCUT2D eigenvalue weighted by molar-refractivity contribution is 5.69. The van der Waals surface area contributed by atoms with Gasteiger partial charge in [0.05, 0.1) is 35.0 Å². The smallest absolute Gasteiger partial charge is 0.192 e. The average Bonchev–Trinajstić information content (AvgIpc) is 3.54. The maximum Gasteiger partial charge on any atom is 0.192 e. The molecule has 1 unspecified atom stereocenters. The van der Waals surface area contributed by atoms with Gasteiger partial charge in [0.25, 0.3) is 0 Å². The molecule has 2 aromatic carbocycles. The molecular formula is C35H39F2N5O. The molecule has 43 heavy (non-hydrogen) atoms. The summed E-state index contributed by atoms with van der Waals surface area (Å²) in [7, 11) is 0. The molecule has 0 saturated heterocycles. The molecule has 0 spiro atoms. The lowest BCUT2D eigenvalue weighted by Gasteiger charge is -2.25. The van der Waals surface area contributed by atoms with Crippen LogP contribution in [0.25, 0.3) is 22.8 Å². The molecule has 1 atom stereocenters. The molecule has 2 N–H and O–H groups in total. The standard InChI is InChI=1S/C35H39F2N5O/c1-9-25-16-24(10-14-29(25)36)18-38-21(3)32-17-33(42-34(41-32)30(37)19-39-42)22(4)40-31-15-13-27-20(2)26(11-12-28(27)31)23(5)43-35(6,7)8/h10-12,14,16-17,19,31,38,40H,3-5,9,13,15,18H2,1-2,6-8H3. The Morgan fingerprint density at radius 3 is 2.56 bits per heavy atom. The third-order valence-electron chi connectivity index (χ3n) is 7.82. The van der Waals surface area contributed by atoms with Crippen LogP contribution in [0.2, 0.25) is 0 Å². The lowest BCUT2D eigenvalue weighted by Crippen LogP contribution is -2.20. The zero-order chi connectivity index (χ0) is 31.1. The van der Waals surface area contributed by atoms with Gasteiger partial charge in [-0.25, -0.2) is 18.3 Å². The van der Waals surface area contributed by atoms with Crippen molar-refractivity contribution in [3.63, 3.8) is 0 Å². The molecule has 0 radical (unpaired) electrons. The van der Waals surface area contributed by atoms with E-state index in [1.807, 2.05) is 33.8 Å². The van der Waals surface area contributed by atoms with Crippen molar-refractivity contribution in [3.05, 3.63) is 119 Å². The van der Waals surface area contributed by atoms with Gasteiger partial charge in [0, 0.05) is 12.1 Å². The van der Waals surface area contributed by atoms with Gasteiger partial charge in [0.1, 0.15) is 17.2 Å². The van der Waals surface area contributed by atoms with Crippen LogP contribution in [0.5, 0.6) is 0 Å². The van der Waals surface area contributed by atoms with Gasteiger partial charge in [0.15, 0.2) is 11.5 Å². The first-order chi connectivity index (χ1) is 20.4. The van der Waals surface area contributed by atoms with Gasteiger partial charge in [-0.1, -0.05) is 50.9 Å². The molecule has 6 nitrogen and oxygen atoms in total. The summed E-state index contributed by atoms with van der Waals surface area (Å²) in [6, 6.07) is 11.0. The number of hydrogen-bond acceptors (Lipinski definition) is 5. The molecule has 1 aliphatic rings. The summed E-state index contributed by atoms with van der Waals surface area (Å²) >= 11 is 0. The third kappa shape index (κ3) is 6.19. The molecule has 2 heterocycles. The predicted octanol–water partition coefficient (Wildman–Crippen LogP) is 7.67. The van der Waals surface area contributed by atoms with Crippen LogP contribution in [0.3, 0.4) is 0 Å². The number of aromatic nitrogens is 3. The quantitative estimate of drug-likeness (QED) is 0.188. The third-order valence-corrected chi connectivity index (χ3v) is 7.82. The van der Waals surface area contributed by atoms with Gasteiger partial charge in [0.2, 0.25) is 0 Å². The van der Waals surface area contributed by atoms with Gasteiger partial charge in [-0.3, -0.25) is 0 Å². The highest BCUT2D eigenvalue weighted by Gasteiger charge is 2.27. The van der Waals surface area contributed by atoms with Crippen LogP contribution in [0.15, 0.2) is 62.3 Å². The van der Waals surface area contributed by atoms with Crippen LogP contribution >= 0.6 is 0 Å². The zero-order valence-corrected chi connectivity index (χ0v) is 25.6. The number of benzene rings is 2. The van der Waals surface area contributed by atoms with Crippen LogP contribution in [0.4, 0.5) is 8.78 Å². The first-order valence-corrected chi connectivity index (χ1v) is 14.6. The number of halogens is 2. The molecule has 2 aromatic heterocycles. The van der Waals surface area contributed by atoms with Crippen LogP contribution in [0.1, 0.15) is 84.9 Å². The fraction of sp³-hybridized carbons (Fsp3) is 0.314. The van der Waals surface area contributed by atoms with Gasteiger partial charge >= 0.3 is 0 Å². The second kappa shape index (κ2) is 11.7. The lowest BCUT2D eigenvalue weighted by atomic mass is 9.96. The summed E-state index contributed by atoms with van der Waals surface area (Å²) in [5, 5.41) is 11.0. The first kappa shape index (κ1) is 30.0. The number of hydrogen-bond donors (Lipinski definition) is 2. The molecule has 0 amide bonds. The molecule has 8 heteroatoms. The summed E-state index contributed by atoms with van der Waals surface area (Å²) in [5.74, 6) is -0.0912. The highest BCUT2D eigenvalue weighted by atomic mass is 19.1. The predicted molar refractivity (Wildman–Crippen MR) is 169 cm³/mol. The molecule has 0 saturated carbocycles. The number of aryl methyl sites for hydroxylation is 1. The van der Waals surface area contributed by atoms with Crippen LogP contribution < -0.4 is 10.6 Å². The van der Waals surface area contributed by atoms with Gasteiger partial charge < -0.3 is 15.4 Å². The van der Waals surface area contributed by atoms with Crippen molar-refractivity contribution in [3.8, 4) is 0 Å². The van der Waals surface area contributed by atoms with Crippen LogP contribution in [-0.4, -0.2) is 20.2 Å². The van der Waals surface area contributed by atoms with E-state index in [1.165, 1.54) is 27.3 Å². The van der Waals surface area contributed by atoms with E-state index in [-0.39, 0.29) is 23.1 Å². The highest BCUT2D eigenvalue weighted by Crippen LogP contribution is 2.38. The largest absolute Gasteiger partial charge is 0.488 e.